The molecule has 0 aliphatic heterocycles. The van der Waals surface area contributed by atoms with E-state index in [4.69, 9.17) is 0 Å². The molecule has 2 atom stereocenters. The van der Waals surface area contributed by atoms with Gasteiger partial charge in [0.1, 0.15) is 11.5 Å². The predicted octanol–water partition coefficient (Wildman–Crippen LogP) is 2.16. The summed E-state index contributed by atoms with van der Waals surface area (Å²) in [5, 5.41) is 22.6. The van der Waals surface area contributed by atoms with Crippen LogP contribution >= 0.6 is 0 Å². The van der Waals surface area contributed by atoms with Crippen molar-refractivity contribution < 1.29 is 15.0 Å². The van der Waals surface area contributed by atoms with Crippen LogP contribution in [0.2, 0.25) is 0 Å². The van der Waals surface area contributed by atoms with Gasteiger partial charge in [-0.2, -0.15) is 0 Å². The fourth-order valence-corrected chi connectivity index (χ4v) is 2.43. The number of aromatic hydroxyl groups is 1. The molecule has 1 aliphatic carbocycles. The number of carbonyl (C=O) groups is 1. The first-order chi connectivity index (χ1) is 9.58. The van der Waals surface area contributed by atoms with Crippen LogP contribution in [0.4, 0.5) is 0 Å². The van der Waals surface area contributed by atoms with Gasteiger partial charge in [0, 0.05) is 24.9 Å². The lowest BCUT2D eigenvalue weighted by Gasteiger charge is -2.25. The molecular formula is C16H23NO3. The smallest absolute Gasteiger partial charge is 0.137 e. The van der Waals surface area contributed by atoms with Crippen LogP contribution in [0.15, 0.2) is 24.3 Å². The number of aliphatic hydroxyl groups is 1. The molecule has 1 saturated carbocycles. The monoisotopic (exact) mass is 277 g/mol. The van der Waals surface area contributed by atoms with Crippen LogP contribution in [0.3, 0.4) is 0 Å². The maximum atomic E-state index is 11.8. The first-order valence-corrected chi connectivity index (χ1v) is 7.31. The van der Waals surface area contributed by atoms with E-state index < -0.39 is 6.10 Å². The molecule has 0 spiro atoms. The van der Waals surface area contributed by atoms with E-state index >= 15 is 0 Å². The first kappa shape index (κ1) is 15.0. The van der Waals surface area contributed by atoms with E-state index in [1.54, 1.807) is 24.3 Å². The molecule has 2 unspecified atom stereocenters. The molecule has 0 amide bonds. The van der Waals surface area contributed by atoms with Gasteiger partial charge in [-0.05, 0) is 37.5 Å². The Kier molecular flexibility index (Phi) is 5.15. The van der Waals surface area contributed by atoms with Gasteiger partial charge in [-0.25, -0.2) is 0 Å². The third kappa shape index (κ3) is 3.81. The molecule has 3 N–H and O–H groups in total. The highest BCUT2D eigenvalue weighted by Crippen LogP contribution is 2.28. The fraction of sp³-hybridized carbons (Fsp3) is 0.562. The van der Waals surface area contributed by atoms with Gasteiger partial charge in [0.25, 0.3) is 0 Å². The summed E-state index contributed by atoms with van der Waals surface area (Å²) in [6.07, 6.45) is 3.17. The Morgan fingerprint density at radius 2 is 2.00 bits per heavy atom. The van der Waals surface area contributed by atoms with E-state index in [2.05, 4.69) is 5.32 Å². The Hall–Kier alpha value is -1.39. The number of nitrogens with one attached hydrogen (secondary N) is 1. The van der Waals surface area contributed by atoms with E-state index in [0.717, 1.165) is 18.4 Å². The lowest BCUT2D eigenvalue weighted by molar-refractivity contribution is -0.125. The summed E-state index contributed by atoms with van der Waals surface area (Å²) in [6.45, 7) is 2.50. The summed E-state index contributed by atoms with van der Waals surface area (Å²) in [7, 11) is 0. The third-order valence-corrected chi connectivity index (χ3v) is 4.11. The average Bonchev–Trinajstić information content (AvgIpc) is 2.36. The largest absolute Gasteiger partial charge is 0.508 e. The molecule has 20 heavy (non-hydrogen) atoms. The Balaban J connectivity index is 1.74. The lowest BCUT2D eigenvalue weighted by atomic mass is 9.81. The zero-order chi connectivity index (χ0) is 14.5. The number of rotatable bonds is 7. The normalized spacial score (nSPS) is 18.3. The molecule has 4 nitrogen and oxygen atoms in total. The van der Waals surface area contributed by atoms with E-state index in [1.807, 2.05) is 6.92 Å². The topological polar surface area (TPSA) is 69.6 Å². The van der Waals surface area contributed by atoms with Crippen LogP contribution < -0.4 is 5.32 Å². The maximum absolute atomic E-state index is 11.8. The third-order valence-electron chi connectivity index (χ3n) is 4.11. The Bertz CT molecular complexity index is 440. The molecule has 1 aromatic rings. The lowest BCUT2D eigenvalue weighted by Crippen LogP contribution is -2.35. The summed E-state index contributed by atoms with van der Waals surface area (Å²) in [5.41, 5.74) is 0.758. The van der Waals surface area contributed by atoms with Gasteiger partial charge in [0.05, 0.1) is 6.10 Å². The van der Waals surface area contributed by atoms with Crippen molar-refractivity contribution in [3.63, 3.8) is 0 Å². The van der Waals surface area contributed by atoms with Crippen molar-refractivity contribution in [3.8, 4) is 5.75 Å². The molecule has 4 heteroatoms. The summed E-state index contributed by atoms with van der Waals surface area (Å²) in [5.74, 6) is 0.817. The van der Waals surface area contributed by atoms with Crippen LogP contribution in [0.25, 0.3) is 0 Å². The minimum atomic E-state index is -0.644. The van der Waals surface area contributed by atoms with Crippen molar-refractivity contribution in [2.24, 2.45) is 5.92 Å². The standard InChI is InChI=1S/C16H23NO3/c1-11(16(20)13-5-7-14(18)8-6-13)17-10-9-15(19)12-3-2-4-12/h5-8,11-12,16-18,20H,2-4,9-10H2,1H3. The number of ketones is 1. The van der Waals surface area contributed by atoms with Crippen LogP contribution in [0.5, 0.6) is 5.75 Å². The molecular weight excluding hydrogens is 254 g/mol. The number of aliphatic hydroxyl groups excluding tert-OH is 1. The summed E-state index contributed by atoms with van der Waals surface area (Å²) >= 11 is 0. The van der Waals surface area contributed by atoms with E-state index in [1.165, 1.54) is 6.42 Å². The molecule has 1 fully saturated rings. The number of hydrogen-bond acceptors (Lipinski definition) is 4. The SMILES string of the molecule is CC(NCCC(=O)C1CCC1)C(O)c1ccc(O)cc1. The van der Waals surface area contributed by atoms with Crippen LogP contribution in [-0.2, 0) is 4.79 Å². The second kappa shape index (κ2) is 6.86. The highest BCUT2D eigenvalue weighted by atomic mass is 16.3. The van der Waals surface area contributed by atoms with Gasteiger partial charge >= 0.3 is 0 Å². The van der Waals surface area contributed by atoms with E-state index in [9.17, 15) is 15.0 Å². The van der Waals surface area contributed by atoms with Crippen LogP contribution in [0, 0.1) is 5.92 Å². The van der Waals surface area contributed by atoms with Gasteiger partial charge in [0.2, 0.25) is 0 Å². The fourth-order valence-electron chi connectivity index (χ4n) is 2.43. The highest BCUT2D eigenvalue weighted by molar-refractivity contribution is 5.81. The minimum Gasteiger partial charge on any atom is -0.508 e. The van der Waals surface area contributed by atoms with Crippen molar-refractivity contribution in [2.45, 2.75) is 44.8 Å². The van der Waals surface area contributed by atoms with Crippen LogP contribution in [-0.4, -0.2) is 28.6 Å². The summed E-state index contributed by atoms with van der Waals surface area (Å²) in [4.78, 5) is 11.8. The molecule has 0 bridgehead atoms. The van der Waals surface area contributed by atoms with Gasteiger partial charge in [0.15, 0.2) is 0 Å². The number of phenols is 1. The van der Waals surface area contributed by atoms with Gasteiger partial charge in [-0.1, -0.05) is 18.6 Å². The van der Waals surface area contributed by atoms with Crippen molar-refractivity contribution in [1.29, 1.82) is 0 Å². The average molecular weight is 277 g/mol. The summed E-state index contributed by atoms with van der Waals surface area (Å²) < 4.78 is 0. The maximum Gasteiger partial charge on any atom is 0.137 e. The Morgan fingerprint density at radius 1 is 1.35 bits per heavy atom. The van der Waals surface area contributed by atoms with Gasteiger partial charge < -0.3 is 15.5 Å². The van der Waals surface area contributed by atoms with Crippen molar-refractivity contribution in [1.82, 2.24) is 5.32 Å². The quantitative estimate of drug-likeness (QED) is 0.714. The second-order valence-corrected chi connectivity index (χ2v) is 5.62. The molecule has 0 aromatic heterocycles. The Morgan fingerprint density at radius 3 is 2.55 bits per heavy atom. The summed E-state index contributed by atoms with van der Waals surface area (Å²) in [6, 6.07) is 6.40. The van der Waals surface area contributed by atoms with Crippen molar-refractivity contribution in [2.75, 3.05) is 6.54 Å². The first-order valence-electron chi connectivity index (χ1n) is 7.31. The minimum absolute atomic E-state index is 0.131. The molecule has 110 valence electrons. The molecule has 2 rings (SSSR count). The molecule has 0 radical (unpaired) electrons. The van der Waals surface area contributed by atoms with Gasteiger partial charge in [-0.15, -0.1) is 0 Å². The molecule has 0 heterocycles. The zero-order valence-electron chi connectivity index (χ0n) is 11.9. The van der Waals surface area contributed by atoms with Crippen molar-refractivity contribution >= 4 is 5.78 Å². The van der Waals surface area contributed by atoms with E-state index in [0.29, 0.717) is 18.7 Å². The number of Topliss-reactive ketones (excluding diaryl/α,β-unsaturated/α-hetero) is 1. The number of hydrogen-bond donors (Lipinski definition) is 3. The molecule has 1 aliphatic rings. The molecule has 1 aromatic carbocycles. The van der Waals surface area contributed by atoms with Crippen LogP contribution in [0.1, 0.15) is 44.3 Å². The molecule has 0 saturated heterocycles. The predicted molar refractivity (Wildman–Crippen MR) is 77.5 cm³/mol. The number of benzene rings is 1. The number of phenolic OH excluding ortho intramolecular Hbond substituents is 1. The Labute approximate surface area is 119 Å². The van der Waals surface area contributed by atoms with Gasteiger partial charge in [-0.3, -0.25) is 4.79 Å². The van der Waals surface area contributed by atoms with E-state index in [-0.39, 0.29) is 17.7 Å². The zero-order valence-corrected chi connectivity index (χ0v) is 11.9. The number of carbonyl (C=O) groups excluding carboxylic acids is 1. The second-order valence-electron chi connectivity index (χ2n) is 5.62. The highest BCUT2D eigenvalue weighted by Gasteiger charge is 2.24. The van der Waals surface area contributed by atoms with Crippen molar-refractivity contribution in [3.05, 3.63) is 29.8 Å².